The Bertz CT molecular complexity index is 708. The van der Waals surface area contributed by atoms with Crippen molar-refractivity contribution in [1.82, 2.24) is 10.2 Å². The van der Waals surface area contributed by atoms with Crippen LogP contribution in [0.4, 0.5) is 5.69 Å². The van der Waals surface area contributed by atoms with Gasteiger partial charge in [0.2, 0.25) is 17.7 Å². The van der Waals surface area contributed by atoms with Gasteiger partial charge in [-0.15, -0.1) is 10.2 Å². The topological polar surface area (TPSA) is 94.0 Å². The van der Waals surface area contributed by atoms with Crippen LogP contribution in [0.25, 0.3) is 11.5 Å². The fourth-order valence-electron chi connectivity index (χ4n) is 2.49. The first-order valence-corrected chi connectivity index (χ1v) is 7.87. The lowest BCUT2D eigenvalue weighted by Gasteiger charge is -2.08. The second-order valence-electron chi connectivity index (χ2n) is 5.60. The zero-order valence-corrected chi connectivity index (χ0v) is 12.9. The quantitative estimate of drug-likeness (QED) is 0.729. The summed E-state index contributed by atoms with van der Waals surface area (Å²) < 4.78 is 5.70. The summed E-state index contributed by atoms with van der Waals surface area (Å²) in [6.07, 6.45) is 8.04. The maximum absolute atomic E-state index is 12.1. The van der Waals surface area contributed by atoms with Gasteiger partial charge >= 0.3 is 0 Å². The van der Waals surface area contributed by atoms with Gasteiger partial charge in [-0.3, -0.25) is 4.79 Å². The smallest absolute Gasteiger partial charge is 0.249 e. The van der Waals surface area contributed by atoms with Crippen molar-refractivity contribution in [2.24, 2.45) is 5.73 Å². The number of hydrogen-bond donors (Lipinski definition) is 2. The van der Waals surface area contributed by atoms with Crippen LogP contribution in [0.2, 0.25) is 0 Å². The Morgan fingerprint density at radius 1 is 1.17 bits per heavy atom. The van der Waals surface area contributed by atoms with Gasteiger partial charge in [-0.2, -0.15) is 0 Å². The van der Waals surface area contributed by atoms with Crippen LogP contribution in [0.15, 0.2) is 40.8 Å². The number of hydrogen-bond acceptors (Lipinski definition) is 5. The highest BCUT2D eigenvalue weighted by Gasteiger charge is 2.17. The molecule has 120 valence electrons. The Morgan fingerprint density at radius 3 is 2.96 bits per heavy atom. The van der Waals surface area contributed by atoms with E-state index in [0.717, 1.165) is 19.3 Å². The molecule has 23 heavy (non-hydrogen) atoms. The Labute approximate surface area is 134 Å². The molecule has 6 nitrogen and oxygen atoms in total. The fraction of sp³-hybridized carbons (Fsp3) is 0.353. The number of carbonyl (C=O) groups excluding carboxylic acids is 1. The molecule has 0 spiro atoms. The van der Waals surface area contributed by atoms with Crippen LogP contribution >= 0.6 is 0 Å². The Balaban J connectivity index is 1.94. The number of benzene rings is 1. The van der Waals surface area contributed by atoms with Crippen LogP contribution < -0.4 is 11.1 Å². The third kappa shape index (κ3) is 3.84. The van der Waals surface area contributed by atoms with Crippen LogP contribution in [0.1, 0.15) is 44.0 Å². The highest BCUT2D eigenvalue weighted by molar-refractivity contribution is 5.94. The highest BCUT2D eigenvalue weighted by atomic mass is 16.4. The summed E-state index contributed by atoms with van der Waals surface area (Å²) >= 11 is 0. The van der Waals surface area contributed by atoms with Gasteiger partial charge in [-0.25, -0.2) is 0 Å². The standard InChI is InChI=1S/C17H20N4O2/c18-13-9-4-2-1-3-5-11-15(22)19-14-10-7-6-8-12(14)16-20-21-17(13)23-16/h2,4,6-8,10,13H,1,3,5,9,11,18H2,(H,19,22)/b4-2+/t13-/m0/s1. The molecule has 2 bridgehead atoms. The molecule has 0 aliphatic carbocycles. The maximum Gasteiger partial charge on any atom is 0.249 e. The summed E-state index contributed by atoms with van der Waals surface area (Å²) in [7, 11) is 0. The Morgan fingerprint density at radius 2 is 2.04 bits per heavy atom. The summed E-state index contributed by atoms with van der Waals surface area (Å²) in [5, 5.41) is 11.0. The van der Waals surface area contributed by atoms with Crippen molar-refractivity contribution in [2.75, 3.05) is 5.32 Å². The normalized spacial score (nSPS) is 20.7. The summed E-state index contributed by atoms with van der Waals surface area (Å²) in [5.74, 6) is 0.763. The zero-order chi connectivity index (χ0) is 16.1. The van der Waals surface area contributed by atoms with E-state index in [1.54, 1.807) is 0 Å². The molecule has 1 aliphatic heterocycles. The predicted octanol–water partition coefficient (Wildman–Crippen LogP) is 3.20. The first-order chi connectivity index (χ1) is 11.2. The van der Waals surface area contributed by atoms with Gasteiger partial charge in [0.1, 0.15) is 0 Å². The van der Waals surface area contributed by atoms with Gasteiger partial charge in [0.25, 0.3) is 0 Å². The SMILES string of the molecule is N[C@H]1C/C=C/CCCCC(=O)Nc2ccccc2-c2nnc1o2. The number of nitrogens with two attached hydrogens (primary N) is 1. The van der Waals surface area contributed by atoms with Crippen LogP contribution in [0.3, 0.4) is 0 Å². The second kappa shape index (κ2) is 7.19. The van der Waals surface area contributed by atoms with Gasteiger partial charge < -0.3 is 15.5 Å². The van der Waals surface area contributed by atoms with Gasteiger partial charge in [0, 0.05) is 6.42 Å². The predicted molar refractivity (Wildman–Crippen MR) is 87.5 cm³/mol. The summed E-state index contributed by atoms with van der Waals surface area (Å²) in [6.45, 7) is 0. The molecule has 1 amide bonds. The number of allylic oxidation sites excluding steroid dienone is 1. The molecular formula is C17H20N4O2. The minimum Gasteiger partial charge on any atom is -0.419 e. The van der Waals surface area contributed by atoms with E-state index in [-0.39, 0.29) is 11.9 Å². The van der Waals surface area contributed by atoms with E-state index in [2.05, 4.69) is 21.6 Å². The minimum atomic E-state index is -0.320. The zero-order valence-electron chi connectivity index (χ0n) is 12.9. The number of para-hydroxylation sites is 1. The molecule has 0 radical (unpaired) electrons. The number of carbonyl (C=O) groups is 1. The molecule has 6 heteroatoms. The first kappa shape index (κ1) is 15.4. The number of anilines is 1. The van der Waals surface area contributed by atoms with Crippen molar-refractivity contribution in [1.29, 1.82) is 0 Å². The molecule has 2 heterocycles. The van der Waals surface area contributed by atoms with E-state index in [4.69, 9.17) is 10.2 Å². The molecular weight excluding hydrogens is 292 g/mol. The molecule has 1 aromatic carbocycles. The van der Waals surface area contributed by atoms with E-state index in [1.807, 2.05) is 30.3 Å². The molecule has 0 saturated carbocycles. The summed E-state index contributed by atoms with van der Waals surface area (Å²) in [6, 6.07) is 7.08. The van der Waals surface area contributed by atoms with Gasteiger partial charge in [0.15, 0.2) is 0 Å². The summed E-state index contributed by atoms with van der Waals surface area (Å²) in [4.78, 5) is 12.1. The molecule has 0 fully saturated rings. The Kier molecular flexibility index (Phi) is 4.83. The van der Waals surface area contributed by atoms with Crippen LogP contribution in [-0.4, -0.2) is 16.1 Å². The monoisotopic (exact) mass is 312 g/mol. The largest absolute Gasteiger partial charge is 0.419 e. The van der Waals surface area contributed by atoms with Gasteiger partial charge in [0.05, 0.1) is 17.3 Å². The van der Waals surface area contributed by atoms with E-state index < -0.39 is 0 Å². The number of amides is 1. The van der Waals surface area contributed by atoms with Crippen molar-refractivity contribution >= 4 is 11.6 Å². The molecule has 0 unspecified atom stereocenters. The second-order valence-corrected chi connectivity index (χ2v) is 5.60. The molecule has 3 rings (SSSR count). The third-order valence-corrected chi connectivity index (χ3v) is 3.77. The average Bonchev–Trinajstić information content (AvgIpc) is 3.03. The lowest BCUT2D eigenvalue weighted by atomic mass is 10.1. The van der Waals surface area contributed by atoms with Crippen LogP contribution in [-0.2, 0) is 4.79 Å². The van der Waals surface area contributed by atoms with Crippen molar-refractivity contribution in [3.8, 4) is 11.5 Å². The van der Waals surface area contributed by atoms with E-state index in [1.165, 1.54) is 0 Å². The number of fused-ring (bicyclic) bond motifs is 4. The van der Waals surface area contributed by atoms with Crippen LogP contribution in [0, 0.1) is 0 Å². The first-order valence-electron chi connectivity index (χ1n) is 7.87. The number of rotatable bonds is 0. The fourth-order valence-corrected chi connectivity index (χ4v) is 2.49. The minimum absolute atomic E-state index is 0.00672. The van der Waals surface area contributed by atoms with Crippen molar-refractivity contribution in [3.05, 3.63) is 42.3 Å². The molecule has 1 atom stereocenters. The van der Waals surface area contributed by atoms with E-state index in [9.17, 15) is 4.79 Å². The third-order valence-electron chi connectivity index (χ3n) is 3.77. The number of nitrogens with zero attached hydrogens (tertiary/aromatic N) is 2. The van der Waals surface area contributed by atoms with Crippen molar-refractivity contribution in [2.45, 2.75) is 38.1 Å². The molecule has 3 N–H and O–H groups in total. The number of aromatic nitrogens is 2. The van der Waals surface area contributed by atoms with E-state index in [0.29, 0.717) is 35.9 Å². The summed E-state index contributed by atoms with van der Waals surface area (Å²) in [5.41, 5.74) is 7.47. The molecule has 1 aliphatic rings. The van der Waals surface area contributed by atoms with Gasteiger partial charge in [-0.1, -0.05) is 24.3 Å². The molecule has 2 aromatic rings. The van der Waals surface area contributed by atoms with Crippen molar-refractivity contribution < 1.29 is 9.21 Å². The number of nitrogens with one attached hydrogen (secondary N) is 1. The van der Waals surface area contributed by atoms with Crippen molar-refractivity contribution in [3.63, 3.8) is 0 Å². The maximum atomic E-state index is 12.1. The van der Waals surface area contributed by atoms with E-state index >= 15 is 0 Å². The molecule has 0 saturated heterocycles. The highest BCUT2D eigenvalue weighted by Crippen LogP contribution is 2.28. The average molecular weight is 312 g/mol. The molecule has 1 aromatic heterocycles. The van der Waals surface area contributed by atoms with Gasteiger partial charge in [-0.05, 0) is 37.8 Å². The lowest BCUT2D eigenvalue weighted by molar-refractivity contribution is -0.116. The van der Waals surface area contributed by atoms with Crippen LogP contribution in [0.5, 0.6) is 0 Å². The lowest BCUT2D eigenvalue weighted by Crippen LogP contribution is -2.11. The Hall–Kier alpha value is -2.47.